The number of nitrogens with two attached hydrogens (primary N) is 1. The number of rotatable bonds is 2. The Morgan fingerprint density at radius 2 is 1.88 bits per heavy atom. The monoisotopic (exact) mass is 260 g/mol. The number of hydroxylamine groups is 1. The maximum atomic E-state index is 11.4. The number of phenols is 1. The van der Waals surface area contributed by atoms with Gasteiger partial charge in [-0.15, -0.1) is 0 Å². The fourth-order valence-electron chi connectivity index (χ4n) is 0.933. The summed E-state index contributed by atoms with van der Waals surface area (Å²) in [6.07, 6.45) is 0. The lowest BCUT2D eigenvalue weighted by Gasteiger charge is -2.11. The SMILES string of the molecule is NC(=O)N(OC(=O)c1ccccc1O)[SH](=O)=O. The van der Waals surface area contributed by atoms with Gasteiger partial charge in [0.05, 0.1) is 0 Å². The van der Waals surface area contributed by atoms with E-state index in [0.717, 1.165) is 0 Å². The van der Waals surface area contributed by atoms with E-state index >= 15 is 0 Å². The number of carbonyl (C=O) groups excluding carboxylic acids is 2. The van der Waals surface area contributed by atoms with Crippen LogP contribution in [0.5, 0.6) is 5.75 Å². The van der Waals surface area contributed by atoms with Crippen molar-refractivity contribution in [2.45, 2.75) is 0 Å². The van der Waals surface area contributed by atoms with Gasteiger partial charge in [0.15, 0.2) is 0 Å². The Hall–Kier alpha value is -2.29. The second kappa shape index (κ2) is 5.16. The molecule has 92 valence electrons. The molecule has 0 saturated carbocycles. The van der Waals surface area contributed by atoms with Gasteiger partial charge in [-0.2, -0.15) is 0 Å². The first-order valence-electron chi connectivity index (χ1n) is 4.17. The van der Waals surface area contributed by atoms with Gasteiger partial charge in [-0.3, -0.25) is 0 Å². The number of carbonyl (C=O) groups is 2. The molecule has 1 aromatic rings. The van der Waals surface area contributed by atoms with Gasteiger partial charge in [0.1, 0.15) is 11.3 Å². The Labute approximate surface area is 97.2 Å². The van der Waals surface area contributed by atoms with Crippen molar-refractivity contribution in [1.29, 1.82) is 0 Å². The summed E-state index contributed by atoms with van der Waals surface area (Å²) in [5, 5.41) is 9.28. The summed E-state index contributed by atoms with van der Waals surface area (Å²) in [5.74, 6) is -1.64. The molecular weight excluding hydrogens is 252 g/mol. The number of nitrogens with zero attached hydrogens (tertiary/aromatic N) is 1. The third-order valence-corrected chi connectivity index (χ3v) is 2.21. The molecule has 0 aliphatic rings. The fraction of sp³-hybridized carbons (Fsp3) is 0. The normalized spacial score (nSPS) is 9.94. The number of hydrogen-bond acceptors (Lipinski definition) is 6. The van der Waals surface area contributed by atoms with Crippen LogP contribution in [0.4, 0.5) is 4.79 Å². The number of aromatic hydroxyl groups is 1. The predicted molar refractivity (Wildman–Crippen MR) is 55.3 cm³/mol. The minimum absolute atomic E-state index is 0.296. The van der Waals surface area contributed by atoms with Gasteiger partial charge in [-0.05, 0) is 16.6 Å². The Balaban J connectivity index is 2.93. The summed E-state index contributed by atoms with van der Waals surface area (Å²) in [6.45, 7) is 0. The minimum atomic E-state index is -3.50. The number of thiol groups is 1. The van der Waals surface area contributed by atoms with E-state index in [1.54, 1.807) is 0 Å². The van der Waals surface area contributed by atoms with Crippen molar-refractivity contribution in [2.75, 3.05) is 0 Å². The molecule has 0 fully saturated rings. The molecule has 0 unspecified atom stereocenters. The van der Waals surface area contributed by atoms with Crippen molar-refractivity contribution in [3.05, 3.63) is 29.8 Å². The van der Waals surface area contributed by atoms with Crippen LogP contribution in [-0.4, -0.2) is 30.0 Å². The molecule has 0 atom stereocenters. The van der Waals surface area contributed by atoms with Crippen LogP contribution in [0.3, 0.4) is 0 Å². The van der Waals surface area contributed by atoms with Crippen LogP contribution in [0.2, 0.25) is 0 Å². The van der Waals surface area contributed by atoms with Gasteiger partial charge >= 0.3 is 12.0 Å². The average molecular weight is 260 g/mol. The lowest BCUT2D eigenvalue weighted by Crippen LogP contribution is -2.36. The Morgan fingerprint density at radius 1 is 1.29 bits per heavy atom. The number of benzene rings is 1. The average Bonchev–Trinajstić information content (AvgIpc) is 2.25. The number of phenolic OH excluding ortho intramolecular Hbond substituents is 1. The first-order chi connectivity index (χ1) is 7.93. The molecular formula is C8H8N2O6S. The third kappa shape index (κ3) is 3.08. The van der Waals surface area contributed by atoms with Crippen molar-refractivity contribution in [3.8, 4) is 5.75 Å². The van der Waals surface area contributed by atoms with Crippen LogP contribution in [0.15, 0.2) is 24.3 Å². The molecule has 0 aromatic heterocycles. The number of amides is 2. The third-order valence-electron chi connectivity index (χ3n) is 1.63. The highest BCUT2D eigenvalue weighted by molar-refractivity contribution is 7.70. The molecule has 17 heavy (non-hydrogen) atoms. The van der Waals surface area contributed by atoms with Gasteiger partial charge in [-0.25, -0.2) is 18.0 Å². The van der Waals surface area contributed by atoms with Crippen LogP contribution in [-0.2, 0) is 15.7 Å². The molecule has 0 aliphatic heterocycles. The van der Waals surface area contributed by atoms with Gasteiger partial charge in [0.25, 0.3) is 10.9 Å². The highest BCUT2D eigenvalue weighted by Gasteiger charge is 2.21. The molecule has 8 nitrogen and oxygen atoms in total. The number of urea groups is 1. The van der Waals surface area contributed by atoms with Gasteiger partial charge in [0.2, 0.25) is 0 Å². The van der Waals surface area contributed by atoms with E-state index in [9.17, 15) is 23.1 Å². The topological polar surface area (TPSA) is 127 Å². The van der Waals surface area contributed by atoms with E-state index in [0.29, 0.717) is 0 Å². The van der Waals surface area contributed by atoms with Crippen LogP contribution in [0.25, 0.3) is 0 Å². The van der Waals surface area contributed by atoms with E-state index < -0.39 is 28.6 Å². The molecule has 2 amide bonds. The van der Waals surface area contributed by atoms with Crippen LogP contribution < -0.4 is 5.73 Å². The summed E-state index contributed by atoms with van der Waals surface area (Å²) in [4.78, 5) is 26.2. The van der Waals surface area contributed by atoms with Crippen molar-refractivity contribution in [1.82, 2.24) is 4.47 Å². The summed E-state index contributed by atoms with van der Waals surface area (Å²) in [6, 6.07) is 3.79. The van der Waals surface area contributed by atoms with E-state index in [2.05, 4.69) is 10.6 Å². The zero-order valence-corrected chi connectivity index (χ0v) is 9.16. The summed E-state index contributed by atoms with van der Waals surface area (Å²) >= 11 is 0. The standard InChI is InChI=1S/C8H8N2O6S/c9-8(13)10(17(14)15)16-7(12)5-3-1-2-4-6(5)11/h1-4,11,17H,(H2,9,13). The zero-order valence-electron chi connectivity index (χ0n) is 8.27. The molecule has 0 bridgehead atoms. The predicted octanol–water partition coefficient (Wildman–Crippen LogP) is -0.629. The first kappa shape index (κ1) is 12.8. The molecule has 3 N–H and O–H groups in total. The second-order valence-electron chi connectivity index (χ2n) is 2.74. The highest BCUT2D eigenvalue weighted by Crippen LogP contribution is 2.17. The molecule has 0 aliphatic carbocycles. The van der Waals surface area contributed by atoms with E-state index in [-0.39, 0.29) is 10.0 Å². The number of hydrogen-bond donors (Lipinski definition) is 3. The van der Waals surface area contributed by atoms with E-state index in [1.165, 1.54) is 24.3 Å². The van der Waals surface area contributed by atoms with Crippen molar-refractivity contribution in [3.63, 3.8) is 0 Å². The largest absolute Gasteiger partial charge is 0.507 e. The summed E-state index contributed by atoms with van der Waals surface area (Å²) < 4.78 is 20.7. The summed E-state index contributed by atoms with van der Waals surface area (Å²) in [5.41, 5.74) is 4.37. The van der Waals surface area contributed by atoms with Crippen LogP contribution in [0.1, 0.15) is 10.4 Å². The van der Waals surface area contributed by atoms with Crippen LogP contribution in [0, 0.1) is 0 Å². The second-order valence-corrected chi connectivity index (χ2v) is 3.58. The van der Waals surface area contributed by atoms with Gasteiger partial charge in [0, 0.05) is 0 Å². The smallest absolute Gasteiger partial charge is 0.368 e. The molecule has 9 heteroatoms. The molecule has 0 saturated heterocycles. The Kier molecular flexibility index (Phi) is 3.88. The van der Waals surface area contributed by atoms with Crippen LogP contribution >= 0.6 is 0 Å². The van der Waals surface area contributed by atoms with Crippen molar-refractivity contribution < 1.29 is 28.0 Å². The van der Waals surface area contributed by atoms with E-state index in [1.807, 2.05) is 0 Å². The van der Waals surface area contributed by atoms with Gasteiger partial charge in [-0.1, -0.05) is 12.1 Å². The number of primary amides is 1. The van der Waals surface area contributed by atoms with E-state index in [4.69, 9.17) is 0 Å². The maximum absolute atomic E-state index is 11.4. The fourth-order valence-corrected chi connectivity index (χ4v) is 1.23. The zero-order chi connectivity index (χ0) is 13.0. The lowest BCUT2D eigenvalue weighted by molar-refractivity contribution is -0.0165. The van der Waals surface area contributed by atoms with Crippen molar-refractivity contribution in [2.24, 2.45) is 5.73 Å². The molecule has 1 aromatic carbocycles. The molecule has 1 rings (SSSR count). The number of para-hydroxylation sites is 1. The Morgan fingerprint density at radius 3 is 2.35 bits per heavy atom. The molecule has 0 radical (unpaired) electrons. The lowest BCUT2D eigenvalue weighted by atomic mass is 10.2. The minimum Gasteiger partial charge on any atom is -0.507 e. The molecule has 0 spiro atoms. The Bertz CT molecular complexity index is 519. The first-order valence-corrected chi connectivity index (χ1v) is 5.30. The highest BCUT2D eigenvalue weighted by atomic mass is 32.2. The molecule has 0 heterocycles. The van der Waals surface area contributed by atoms with Crippen molar-refractivity contribution >= 4 is 22.9 Å². The van der Waals surface area contributed by atoms with Gasteiger partial charge < -0.3 is 15.7 Å². The quantitative estimate of drug-likeness (QED) is 0.480. The summed E-state index contributed by atoms with van der Waals surface area (Å²) in [7, 11) is -3.50. The maximum Gasteiger partial charge on any atom is 0.368 e.